The molecule has 0 bridgehead atoms. The van der Waals surface area contributed by atoms with Crippen molar-refractivity contribution in [3.05, 3.63) is 35.9 Å². The number of ether oxygens (including phenoxy) is 1. The third kappa shape index (κ3) is 5.66. The van der Waals surface area contributed by atoms with Crippen molar-refractivity contribution >= 4 is 15.9 Å². The molecule has 2 heteroatoms. The van der Waals surface area contributed by atoms with Crippen LogP contribution < -0.4 is 0 Å². The summed E-state index contributed by atoms with van der Waals surface area (Å²) in [5.41, 5.74) is 1.39. The maximum atomic E-state index is 5.03. The molecule has 1 atom stereocenters. The van der Waals surface area contributed by atoms with E-state index >= 15 is 0 Å². The Balaban J connectivity index is 2.09. The van der Waals surface area contributed by atoms with E-state index < -0.39 is 0 Å². The van der Waals surface area contributed by atoms with Gasteiger partial charge in [-0.1, -0.05) is 65.5 Å². The molecule has 0 aromatic heterocycles. The maximum Gasteiger partial charge on any atom is 0.0462 e. The Bertz CT molecular complexity index is 261. The molecule has 0 radical (unpaired) electrons. The molecule has 16 heavy (non-hydrogen) atoms. The largest absolute Gasteiger partial charge is 0.385 e. The number of unbranched alkanes of at least 4 members (excludes halogenated alkanes) is 3. The fourth-order valence-corrected chi connectivity index (χ4v) is 2.38. The number of alkyl halides is 1. The van der Waals surface area contributed by atoms with E-state index in [0.717, 1.165) is 6.61 Å². The van der Waals surface area contributed by atoms with Crippen LogP contribution in [0.1, 0.15) is 42.5 Å². The van der Waals surface area contributed by atoms with Crippen LogP contribution in [0.5, 0.6) is 0 Å². The van der Waals surface area contributed by atoms with Crippen LogP contribution in [0.15, 0.2) is 30.3 Å². The van der Waals surface area contributed by atoms with Gasteiger partial charge in [0.2, 0.25) is 0 Å². The van der Waals surface area contributed by atoms with Gasteiger partial charge in [0.15, 0.2) is 0 Å². The summed E-state index contributed by atoms with van der Waals surface area (Å²) >= 11 is 3.74. The Hall–Kier alpha value is -0.340. The average Bonchev–Trinajstić information content (AvgIpc) is 2.34. The zero-order valence-electron chi connectivity index (χ0n) is 9.99. The minimum Gasteiger partial charge on any atom is -0.385 e. The topological polar surface area (TPSA) is 9.23 Å². The first-order valence-electron chi connectivity index (χ1n) is 6.02. The molecule has 0 aliphatic rings. The monoisotopic (exact) mass is 284 g/mol. The molecular weight excluding hydrogens is 264 g/mol. The molecule has 1 unspecified atom stereocenters. The zero-order chi connectivity index (χ0) is 11.6. The van der Waals surface area contributed by atoms with Crippen LogP contribution in [-0.2, 0) is 4.74 Å². The lowest BCUT2D eigenvalue weighted by Gasteiger charge is -2.09. The lowest BCUT2D eigenvalue weighted by molar-refractivity contribution is 0.192. The van der Waals surface area contributed by atoms with Crippen molar-refractivity contribution in [2.45, 2.75) is 36.9 Å². The van der Waals surface area contributed by atoms with Crippen LogP contribution in [0.2, 0.25) is 0 Å². The van der Waals surface area contributed by atoms with Crippen LogP contribution in [0.3, 0.4) is 0 Å². The van der Waals surface area contributed by atoms with E-state index in [0.29, 0.717) is 4.83 Å². The number of rotatable bonds is 8. The van der Waals surface area contributed by atoms with Gasteiger partial charge >= 0.3 is 0 Å². The fourth-order valence-electron chi connectivity index (χ4n) is 1.75. The molecule has 0 fully saturated rings. The molecular formula is C14H21BrO. The van der Waals surface area contributed by atoms with Crippen molar-refractivity contribution in [3.8, 4) is 0 Å². The number of hydrogen-bond acceptors (Lipinski definition) is 1. The predicted octanol–water partition coefficient (Wildman–Crippen LogP) is 4.72. The van der Waals surface area contributed by atoms with Crippen molar-refractivity contribution in [1.29, 1.82) is 0 Å². The van der Waals surface area contributed by atoms with E-state index in [-0.39, 0.29) is 0 Å². The Labute approximate surface area is 107 Å². The lowest BCUT2D eigenvalue weighted by Crippen LogP contribution is -1.91. The van der Waals surface area contributed by atoms with Crippen molar-refractivity contribution < 1.29 is 4.74 Å². The normalized spacial score (nSPS) is 12.6. The van der Waals surface area contributed by atoms with Crippen molar-refractivity contribution in [1.82, 2.24) is 0 Å². The van der Waals surface area contributed by atoms with E-state index in [2.05, 4.69) is 46.3 Å². The van der Waals surface area contributed by atoms with E-state index in [9.17, 15) is 0 Å². The Morgan fingerprint density at radius 1 is 1.06 bits per heavy atom. The molecule has 0 heterocycles. The molecule has 1 rings (SSSR count). The van der Waals surface area contributed by atoms with Gasteiger partial charge < -0.3 is 4.74 Å². The molecule has 0 aliphatic heterocycles. The van der Waals surface area contributed by atoms with Gasteiger partial charge in [0, 0.05) is 18.5 Å². The second-order valence-corrected chi connectivity index (χ2v) is 5.18. The van der Waals surface area contributed by atoms with Crippen LogP contribution >= 0.6 is 15.9 Å². The summed E-state index contributed by atoms with van der Waals surface area (Å²) in [5.74, 6) is 0. The fraction of sp³-hybridized carbons (Fsp3) is 0.571. The molecule has 0 saturated heterocycles. The number of methoxy groups -OCH3 is 1. The third-order valence-corrected chi connectivity index (χ3v) is 3.70. The number of halogens is 1. The predicted molar refractivity (Wildman–Crippen MR) is 73.1 cm³/mol. The summed E-state index contributed by atoms with van der Waals surface area (Å²) in [5, 5.41) is 0. The van der Waals surface area contributed by atoms with Crippen molar-refractivity contribution in [2.24, 2.45) is 0 Å². The summed E-state index contributed by atoms with van der Waals surface area (Å²) in [6.07, 6.45) is 6.28. The molecule has 0 aliphatic carbocycles. The van der Waals surface area contributed by atoms with Gasteiger partial charge in [-0.2, -0.15) is 0 Å². The first-order chi connectivity index (χ1) is 7.84. The second kappa shape index (κ2) is 8.77. The smallest absolute Gasteiger partial charge is 0.0462 e. The lowest BCUT2D eigenvalue weighted by atomic mass is 10.1. The van der Waals surface area contributed by atoms with Crippen LogP contribution in [0.4, 0.5) is 0 Å². The molecule has 0 N–H and O–H groups in total. The quantitative estimate of drug-likeness (QED) is 0.496. The minimum absolute atomic E-state index is 0.510. The summed E-state index contributed by atoms with van der Waals surface area (Å²) in [6, 6.07) is 10.6. The van der Waals surface area contributed by atoms with Crippen LogP contribution in [0.25, 0.3) is 0 Å². The standard InChI is InChI=1S/C14H21BrO/c1-16-12-8-3-2-7-11-14(15)13-9-5-4-6-10-13/h4-6,9-10,14H,2-3,7-8,11-12H2,1H3. The summed E-state index contributed by atoms with van der Waals surface area (Å²) < 4.78 is 5.03. The van der Waals surface area contributed by atoms with Gasteiger partial charge in [-0.05, 0) is 18.4 Å². The van der Waals surface area contributed by atoms with E-state index in [1.54, 1.807) is 7.11 Å². The summed E-state index contributed by atoms with van der Waals surface area (Å²) in [4.78, 5) is 0.510. The summed E-state index contributed by atoms with van der Waals surface area (Å²) in [6.45, 7) is 0.899. The van der Waals surface area contributed by atoms with Crippen LogP contribution in [-0.4, -0.2) is 13.7 Å². The third-order valence-electron chi connectivity index (χ3n) is 2.72. The van der Waals surface area contributed by atoms with E-state index in [1.807, 2.05) is 0 Å². The van der Waals surface area contributed by atoms with Gasteiger partial charge in [-0.25, -0.2) is 0 Å². The maximum absolute atomic E-state index is 5.03. The Morgan fingerprint density at radius 2 is 1.75 bits per heavy atom. The minimum atomic E-state index is 0.510. The van der Waals surface area contributed by atoms with E-state index in [4.69, 9.17) is 4.74 Å². The average molecular weight is 285 g/mol. The first-order valence-corrected chi connectivity index (χ1v) is 6.94. The van der Waals surface area contributed by atoms with Gasteiger partial charge in [0.1, 0.15) is 0 Å². The highest BCUT2D eigenvalue weighted by molar-refractivity contribution is 9.09. The molecule has 1 aromatic rings. The van der Waals surface area contributed by atoms with Crippen molar-refractivity contribution in [2.75, 3.05) is 13.7 Å². The molecule has 1 nitrogen and oxygen atoms in total. The summed E-state index contributed by atoms with van der Waals surface area (Å²) in [7, 11) is 1.77. The number of hydrogen-bond donors (Lipinski definition) is 0. The molecule has 1 aromatic carbocycles. The van der Waals surface area contributed by atoms with Gasteiger partial charge in [0.25, 0.3) is 0 Å². The Kier molecular flexibility index (Phi) is 7.52. The second-order valence-electron chi connectivity index (χ2n) is 4.07. The molecule has 0 saturated carbocycles. The van der Waals surface area contributed by atoms with Gasteiger partial charge in [-0.3, -0.25) is 0 Å². The number of benzene rings is 1. The molecule has 0 spiro atoms. The molecule has 0 amide bonds. The highest BCUT2D eigenvalue weighted by Gasteiger charge is 2.05. The highest BCUT2D eigenvalue weighted by atomic mass is 79.9. The molecule has 90 valence electrons. The van der Waals surface area contributed by atoms with Crippen LogP contribution in [0, 0.1) is 0 Å². The first kappa shape index (κ1) is 13.7. The van der Waals surface area contributed by atoms with E-state index in [1.165, 1.54) is 37.7 Å². The SMILES string of the molecule is COCCCCCCC(Br)c1ccccc1. The Morgan fingerprint density at radius 3 is 2.44 bits per heavy atom. The highest BCUT2D eigenvalue weighted by Crippen LogP contribution is 2.28. The van der Waals surface area contributed by atoms with Crippen molar-refractivity contribution in [3.63, 3.8) is 0 Å². The van der Waals surface area contributed by atoms with Gasteiger partial charge in [-0.15, -0.1) is 0 Å². The zero-order valence-corrected chi connectivity index (χ0v) is 11.6. The van der Waals surface area contributed by atoms with Gasteiger partial charge in [0.05, 0.1) is 0 Å².